The van der Waals surface area contributed by atoms with Gasteiger partial charge in [-0.15, -0.1) is 0 Å². The molecule has 10 nitrogen and oxygen atoms in total. The van der Waals surface area contributed by atoms with Crippen LogP contribution in [0.5, 0.6) is 5.75 Å². The number of rotatable bonds is 12. The zero-order chi connectivity index (χ0) is 23.6. The van der Waals surface area contributed by atoms with Crippen molar-refractivity contribution < 1.29 is 29.4 Å². The monoisotopic (exact) mass is 454 g/mol. The molecule has 0 bridgehead atoms. The van der Waals surface area contributed by atoms with Gasteiger partial charge in [0.1, 0.15) is 23.9 Å². The highest BCUT2D eigenvalue weighted by Gasteiger charge is 2.29. The molecular weight excluding hydrogens is 424 g/mol. The number of thiol groups is 1. The molecule has 0 aromatic heterocycles. The van der Waals surface area contributed by atoms with Gasteiger partial charge in [-0.05, 0) is 30.0 Å². The van der Waals surface area contributed by atoms with Crippen LogP contribution in [-0.2, 0) is 25.6 Å². The Bertz CT molecular complexity index is 771. The Hall–Kier alpha value is -2.79. The van der Waals surface area contributed by atoms with Gasteiger partial charge < -0.3 is 31.9 Å². The topological polar surface area (TPSA) is 171 Å². The molecule has 0 spiro atoms. The van der Waals surface area contributed by atoms with E-state index in [1.165, 1.54) is 12.1 Å². The highest BCUT2D eigenvalue weighted by atomic mass is 32.1. The fourth-order valence-electron chi connectivity index (χ4n) is 2.76. The van der Waals surface area contributed by atoms with Gasteiger partial charge in [0.15, 0.2) is 0 Å². The van der Waals surface area contributed by atoms with Crippen molar-refractivity contribution in [1.82, 2.24) is 16.0 Å². The summed E-state index contributed by atoms with van der Waals surface area (Å²) in [6.07, 6.45) is 0.357. The summed E-state index contributed by atoms with van der Waals surface area (Å²) >= 11 is 3.92. The SMILES string of the molecule is CC(C)CC(NC(=O)C(Cc1ccc(O)cc1)NC(=O)CN)C(=O)NC(CS)C(=O)O. The summed E-state index contributed by atoms with van der Waals surface area (Å²) in [5, 5.41) is 26.0. The molecule has 3 unspecified atom stereocenters. The molecule has 0 heterocycles. The highest BCUT2D eigenvalue weighted by molar-refractivity contribution is 7.80. The summed E-state index contributed by atoms with van der Waals surface area (Å²) in [6.45, 7) is 3.38. The average Bonchev–Trinajstić information content (AvgIpc) is 2.71. The molecule has 1 aromatic rings. The lowest BCUT2D eigenvalue weighted by molar-refractivity contribution is -0.141. The third kappa shape index (κ3) is 9.26. The lowest BCUT2D eigenvalue weighted by Gasteiger charge is -2.25. The molecule has 172 valence electrons. The minimum atomic E-state index is -1.24. The van der Waals surface area contributed by atoms with Gasteiger partial charge in [0.25, 0.3) is 0 Å². The first kappa shape index (κ1) is 26.2. The molecule has 0 saturated carbocycles. The molecule has 0 saturated heterocycles. The number of nitrogens with one attached hydrogen (secondary N) is 3. The Morgan fingerprint density at radius 1 is 0.968 bits per heavy atom. The minimum Gasteiger partial charge on any atom is -0.508 e. The summed E-state index contributed by atoms with van der Waals surface area (Å²) in [5.74, 6) is -3.10. The average molecular weight is 455 g/mol. The summed E-state index contributed by atoms with van der Waals surface area (Å²) in [7, 11) is 0. The van der Waals surface area contributed by atoms with Crippen LogP contribution in [-0.4, -0.2) is 64.3 Å². The van der Waals surface area contributed by atoms with Crippen molar-refractivity contribution in [2.24, 2.45) is 11.7 Å². The first-order chi connectivity index (χ1) is 14.6. The minimum absolute atomic E-state index is 0.0181. The third-order valence-corrected chi connectivity index (χ3v) is 4.72. The van der Waals surface area contributed by atoms with E-state index in [4.69, 9.17) is 10.8 Å². The van der Waals surface area contributed by atoms with Crippen molar-refractivity contribution in [2.45, 2.75) is 44.8 Å². The fourth-order valence-corrected chi connectivity index (χ4v) is 3.01. The zero-order valence-electron chi connectivity index (χ0n) is 17.5. The summed E-state index contributed by atoms with van der Waals surface area (Å²) < 4.78 is 0. The molecule has 0 aliphatic heterocycles. The van der Waals surface area contributed by atoms with Crippen molar-refractivity contribution in [2.75, 3.05) is 12.3 Å². The van der Waals surface area contributed by atoms with Crippen LogP contribution in [0.1, 0.15) is 25.8 Å². The number of carbonyl (C=O) groups is 4. The summed E-state index contributed by atoms with van der Waals surface area (Å²) in [6, 6.07) is 2.88. The smallest absolute Gasteiger partial charge is 0.327 e. The molecule has 31 heavy (non-hydrogen) atoms. The van der Waals surface area contributed by atoms with Gasteiger partial charge in [-0.2, -0.15) is 12.6 Å². The van der Waals surface area contributed by atoms with Crippen LogP contribution in [0.15, 0.2) is 24.3 Å². The van der Waals surface area contributed by atoms with Crippen LogP contribution in [0.25, 0.3) is 0 Å². The maximum absolute atomic E-state index is 12.9. The van der Waals surface area contributed by atoms with Crippen LogP contribution < -0.4 is 21.7 Å². The van der Waals surface area contributed by atoms with Crippen molar-refractivity contribution >= 4 is 36.3 Å². The first-order valence-electron chi connectivity index (χ1n) is 9.79. The second-order valence-electron chi connectivity index (χ2n) is 7.47. The number of hydrogen-bond donors (Lipinski definition) is 7. The molecule has 0 aliphatic rings. The van der Waals surface area contributed by atoms with Crippen molar-refractivity contribution in [3.8, 4) is 5.75 Å². The Labute approximate surface area is 186 Å². The van der Waals surface area contributed by atoms with Crippen LogP contribution in [0, 0.1) is 5.92 Å². The molecule has 1 aromatic carbocycles. The number of carboxylic acid groups (broad SMARTS) is 1. The molecule has 1 rings (SSSR count). The summed E-state index contributed by atoms with van der Waals surface area (Å²) in [4.78, 5) is 48.6. The van der Waals surface area contributed by atoms with Gasteiger partial charge in [-0.1, -0.05) is 26.0 Å². The van der Waals surface area contributed by atoms with Crippen LogP contribution >= 0.6 is 12.6 Å². The molecular formula is C20H30N4O6S. The van der Waals surface area contributed by atoms with E-state index in [-0.39, 0.29) is 36.8 Å². The van der Waals surface area contributed by atoms with Crippen LogP contribution in [0.4, 0.5) is 0 Å². The van der Waals surface area contributed by atoms with E-state index in [1.807, 2.05) is 13.8 Å². The van der Waals surface area contributed by atoms with Gasteiger partial charge in [0, 0.05) is 12.2 Å². The maximum atomic E-state index is 12.9. The van der Waals surface area contributed by atoms with E-state index in [2.05, 4.69) is 28.6 Å². The number of aromatic hydroxyl groups is 1. The van der Waals surface area contributed by atoms with E-state index >= 15 is 0 Å². The number of phenolic OH excluding ortho intramolecular Hbond substituents is 1. The van der Waals surface area contributed by atoms with Crippen molar-refractivity contribution in [1.29, 1.82) is 0 Å². The molecule has 0 radical (unpaired) electrons. The third-order valence-electron chi connectivity index (χ3n) is 4.35. The normalized spacial score (nSPS) is 13.7. The van der Waals surface area contributed by atoms with E-state index in [0.29, 0.717) is 5.56 Å². The van der Waals surface area contributed by atoms with Gasteiger partial charge in [-0.25, -0.2) is 4.79 Å². The quantitative estimate of drug-likeness (QED) is 0.207. The number of carbonyl (C=O) groups excluding carboxylic acids is 3. The predicted octanol–water partition coefficient (Wildman–Crippen LogP) is -0.592. The predicted molar refractivity (Wildman–Crippen MR) is 118 cm³/mol. The Morgan fingerprint density at radius 2 is 1.52 bits per heavy atom. The second-order valence-corrected chi connectivity index (χ2v) is 7.83. The fraction of sp³-hybridized carbons (Fsp3) is 0.500. The number of carboxylic acids is 1. The van der Waals surface area contributed by atoms with E-state index in [0.717, 1.165) is 0 Å². The Morgan fingerprint density at radius 3 is 2.00 bits per heavy atom. The number of benzene rings is 1. The Balaban J connectivity index is 3.01. The largest absolute Gasteiger partial charge is 0.508 e. The number of nitrogens with two attached hydrogens (primary N) is 1. The molecule has 3 atom stereocenters. The first-order valence-corrected chi connectivity index (χ1v) is 10.4. The number of amides is 3. The van der Waals surface area contributed by atoms with Gasteiger partial charge in [0.05, 0.1) is 6.54 Å². The van der Waals surface area contributed by atoms with Crippen molar-refractivity contribution in [3.05, 3.63) is 29.8 Å². The highest BCUT2D eigenvalue weighted by Crippen LogP contribution is 2.12. The van der Waals surface area contributed by atoms with Crippen LogP contribution in [0.2, 0.25) is 0 Å². The molecule has 11 heteroatoms. The number of aliphatic carboxylic acids is 1. The molecule has 0 fully saturated rings. The lowest BCUT2D eigenvalue weighted by Crippen LogP contribution is -2.57. The Kier molecular flexibility index (Phi) is 10.8. The van der Waals surface area contributed by atoms with Crippen molar-refractivity contribution in [3.63, 3.8) is 0 Å². The molecule has 7 N–H and O–H groups in total. The molecule has 0 aliphatic carbocycles. The van der Waals surface area contributed by atoms with Gasteiger partial charge in [0.2, 0.25) is 17.7 Å². The second kappa shape index (κ2) is 12.8. The van der Waals surface area contributed by atoms with Gasteiger partial charge >= 0.3 is 5.97 Å². The zero-order valence-corrected chi connectivity index (χ0v) is 18.4. The van der Waals surface area contributed by atoms with E-state index < -0.39 is 41.8 Å². The van der Waals surface area contributed by atoms with Gasteiger partial charge in [-0.3, -0.25) is 14.4 Å². The number of phenols is 1. The van der Waals surface area contributed by atoms with E-state index in [1.54, 1.807) is 12.1 Å². The maximum Gasteiger partial charge on any atom is 0.327 e. The van der Waals surface area contributed by atoms with E-state index in [9.17, 15) is 24.3 Å². The molecule has 3 amide bonds. The van der Waals surface area contributed by atoms with Crippen LogP contribution in [0.3, 0.4) is 0 Å². The summed E-state index contributed by atoms with van der Waals surface area (Å²) in [5.41, 5.74) is 6.01. The standard InChI is InChI=1S/C20H30N4O6S/c1-11(2)7-14(18(27)24-16(10-31)20(29)30)23-19(28)15(22-17(26)9-21)8-12-3-5-13(25)6-4-12/h3-6,11,14-16,25,31H,7-10,21H2,1-2H3,(H,22,26)(H,23,28)(H,24,27)(H,29,30). The lowest BCUT2D eigenvalue weighted by atomic mass is 10.0. The number of hydrogen-bond acceptors (Lipinski definition) is 7.